The fourth-order valence-corrected chi connectivity index (χ4v) is 3.52. The highest BCUT2D eigenvalue weighted by molar-refractivity contribution is 5.92. The molecule has 2 N–H and O–H groups in total. The van der Waals surface area contributed by atoms with Gasteiger partial charge in [0.2, 0.25) is 0 Å². The molecule has 22 heavy (non-hydrogen) atoms. The molecule has 3 rings (SSSR count). The van der Waals surface area contributed by atoms with Gasteiger partial charge in [0.15, 0.2) is 0 Å². The molecule has 122 valence electrons. The number of alkyl halides is 2. The molecule has 2 heterocycles. The monoisotopic (exact) mass is 313 g/mol. The van der Waals surface area contributed by atoms with Gasteiger partial charge in [0, 0.05) is 12.6 Å². The highest BCUT2D eigenvalue weighted by Gasteiger charge is 2.39. The van der Waals surface area contributed by atoms with Gasteiger partial charge in [0.25, 0.3) is 12.3 Å². The molecule has 1 amide bonds. The van der Waals surface area contributed by atoms with E-state index in [9.17, 15) is 13.6 Å². The molecule has 1 aliphatic heterocycles. The summed E-state index contributed by atoms with van der Waals surface area (Å²) >= 11 is 0. The number of ether oxygens (including phenoxy) is 1. The molecule has 1 saturated carbocycles. The molecule has 1 unspecified atom stereocenters. The lowest BCUT2D eigenvalue weighted by molar-refractivity contribution is -0.107. The van der Waals surface area contributed by atoms with E-state index in [0.29, 0.717) is 6.61 Å². The van der Waals surface area contributed by atoms with Crippen molar-refractivity contribution >= 4 is 5.91 Å². The van der Waals surface area contributed by atoms with Crippen LogP contribution < -0.4 is 5.32 Å². The molecular weight excluding hydrogens is 292 g/mol. The summed E-state index contributed by atoms with van der Waals surface area (Å²) in [4.78, 5) is 12.1. The average molecular weight is 313 g/mol. The molecule has 7 heteroatoms. The lowest BCUT2D eigenvalue weighted by atomic mass is 9.78. The van der Waals surface area contributed by atoms with E-state index in [1.165, 1.54) is 6.42 Å². The molecule has 1 aromatic rings. The van der Waals surface area contributed by atoms with Gasteiger partial charge in [-0.2, -0.15) is 5.10 Å². The fourth-order valence-electron chi connectivity index (χ4n) is 3.52. The maximum atomic E-state index is 12.5. The Hall–Kier alpha value is -1.50. The number of carbonyl (C=O) groups is 1. The lowest BCUT2D eigenvalue weighted by Crippen LogP contribution is -2.49. The summed E-state index contributed by atoms with van der Waals surface area (Å²) in [7, 11) is 0. The molecule has 1 spiro atoms. The van der Waals surface area contributed by atoms with Gasteiger partial charge in [-0.1, -0.05) is 19.3 Å². The average Bonchev–Trinajstić information content (AvgIpc) is 2.98. The van der Waals surface area contributed by atoms with E-state index in [2.05, 4.69) is 15.5 Å². The van der Waals surface area contributed by atoms with Gasteiger partial charge in [-0.15, -0.1) is 0 Å². The van der Waals surface area contributed by atoms with Crippen LogP contribution in [-0.2, 0) is 4.74 Å². The summed E-state index contributed by atoms with van der Waals surface area (Å²) in [5.41, 5.74) is -0.422. The molecule has 5 nitrogen and oxygen atoms in total. The number of amides is 1. The van der Waals surface area contributed by atoms with E-state index in [1.54, 1.807) is 0 Å². The molecule has 0 bridgehead atoms. The van der Waals surface area contributed by atoms with Crippen molar-refractivity contribution in [2.45, 2.75) is 63.0 Å². The Morgan fingerprint density at radius 3 is 2.86 bits per heavy atom. The second-order valence-electron chi connectivity index (χ2n) is 6.26. The zero-order valence-corrected chi connectivity index (χ0v) is 12.4. The van der Waals surface area contributed by atoms with Crippen LogP contribution in [0.1, 0.15) is 67.6 Å². The van der Waals surface area contributed by atoms with E-state index >= 15 is 0 Å². The maximum Gasteiger partial charge on any atom is 0.279 e. The van der Waals surface area contributed by atoms with Gasteiger partial charge in [-0.25, -0.2) is 8.78 Å². The largest absolute Gasteiger partial charge is 0.375 e. The number of H-pyrrole nitrogens is 1. The van der Waals surface area contributed by atoms with Gasteiger partial charge >= 0.3 is 0 Å². The third-order valence-corrected chi connectivity index (χ3v) is 4.66. The summed E-state index contributed by atoms with van der Waals surface area (Å²) in [6, 6.07) is 1.13. The number of aromatic amines is 1. The van der Waals surface area contributed by atoms with Gasteiger partial charge in [-0.3, -0.25) is 9.89 Å². The molecule has 1 atom stereocenters. The van der Waals surface area contributed by atoms with Crippen molar-refractivity contribution in [1.82, 2.24) is 15.5 Å². The first-order valence-electron chi connectivity index (χ1n) is 7.86. The second-order valence-corrected chi connectivity index (χ2v) is 6.26. The van der Waals surface area contributed by atoms with Gasteiger partial charge in [-0.05, 0) is 31.7 Å². The van der Waals surface area contributed by atoms with Gasteiger partial charge < -0.3 is 10.1 Å². The van der Waals surface area contributed by atoms with Crippen LogP contribution in [0, 0.1) is 0 Å². The Morgan fingerprint density at radius 1 is 1.41 bits per heavy atom. The molecule has 0 radical (unpaired) electrons. The topological polar surface area (TPSA) is 67.0 Å². The first-order valence-corrected chi connectivity index (χ1v) is 7.86. The molecule has 1 saturated heterocycles. The smallest absolute Gasteiger partial charge is 0.279 e. The number of nitrogens with zero attached hydrogens (tertiary/aromatic N) is 1. The van der Waals surface area contributed by atoms with Crippen molar-refractivity contribution in [2.24, 2.45) is 0 Å². The standard InChI is InChI=1S/C15H21F2N3O2/c16-13(17)11-8-12(20-19-11)14(21)18-10-4-7-22-15(9-10)5-2-1-3-6-15/h8,10,13H,1-7,9H2,(H,18,21)(H,19,20). The van der Waals surface area contributed by atoms with Crippen molar-refractivity contribution in [3.05, 3.63) is 17.5 Å². The zero-order valence-electron chi connectivity index (χ0n) is 12.4. The summed E-state index contributed by atoms with van der Waals surface area (Å²) in [5.74, 6) is -0.402. The normalized spacial score (nSPS) is 24.6. The van der Waals surface area contributed by atoms with E-state index in [0.717, 1.165) is 44.6 Å². The minimum absolute atomic E-state index is 0.0134. The van der Waals surface area contributed by atoms with Crippen LogP contribution >= 0.6 is 0 Å². The van der Waals surface area contributed by atoms with Crippen molar-refractivity contribution in [3.63, 3.8) is 0 Å². The molecule has 2 aliphatic rings. The number of nitrogens with one attached hydrogen (secondary N) is 2. The summed E-state index contributed by atoms with van der Waals surface area (Å²) in [5, 5.41) is 8.77. The Labute approximate surface area is 127 Å². The minimum atomic E-state index is -2.65. The van der Waals surface area contributed by atoms with Crippen LogP contribution in [0.3, 0.4) is 0 Å². The van der Waals surface area contributed by atoms with Crippen LogP contribution in [0.4, 0.5) is 8.78 Å². The third-order valence-electron chi connectivity index (χ3n) is 4.66. The predicted molar refractivity (Wildman–Crippen MR) is 75.8 cm³/mol. The fraction of sp³-hybridized carbons (Fsp3) is 0.733. The Morgan fingerprint density at radius 2 is 2.18 bits per heavy atom. The lowest BCUT2D eigenvalue weighted by Gasteiger charge is -2.43. The van der Waals surface area contributed by atoms with Crippen LogP contribution in [0.2, 0.25) is 0 Å². The maximum absolute atomic E-state index is 12.5. The van der Waals surface area contributed by atoms with Crippen molar-refractivity contribution in [3.8, 4) is 0 Å². The first-order chi connectivity index (χ1) is 10.6. The van der Waals surface area contributed by atoms with E-state index in [1.807, 2.05) is 0 Å². The number of hydrogen-bond donors (Lipinski definition) is 2. The van der Waals surface area contributed by atoms with Crippen molar-refractivity contribution < 1.29 is 18.3 Å². The molecule has 1 aromatic heterocycles. The summed E-state index contributed by atoms with van der Waals surface area (Å²) in [6.07, 6.45) is 4.54. The summed E-state index contributed by atoms with van der Waals surface area (Å²) in [6.45, 7) is 0.633. The minimum Gasteiger partial charge on any atom is -0.375 e. The van der Waals surface area contributed by atoms with E-state index in [4.69, 9.17) is 4.74 Å². The Balaban J connectivity index is 1.60. The van der Waals surface area contributed by atoms with Crippen LogP contribution in [-0.4, -0.2) is 34.4 Å². The van der Waals surface area contributed by atoms with Crippen molar-refractivity contribution in [1.29, 1.82) is 0 Å². The van der Waals surface area contributed by atoms with Crippen molar-refractivity contribution in [2.75, 3.05) is 6.61 Å². The van der Waals surface area contributed by atoms with Crippen LogP contribution in [0.25, 0.3) is 0 Å². The zero-order chi connectivity index (χ0) is 15.6. The predicted octanol–water partition coefficient (Wildman–Crippen LogP) is 2.96. The Kier molecular flexibility index (Phi) is 4.42. The summed E-state index contributed by atoms with van der Waals surface area (Å²) < 4.78 is 31.0. The van der Waals surface area contributed by atoms with E-state index < -0.39 is 12.3 Å². The number of carbonyl (C=O) groups excluding carboxylic acids is 1. The second kappa shape index (κ2) is 6.32. The number of hydrogen-bond acceptors (Lipinski definition) is 3. The SMILES string of the molecule is O=C(NC1CCOC2(CCCCC2)C1)c1cc(C(F)F)[nH]n1. The highest BCUT2D eigenvalue weighted by Crippen LogP contribution is 2.38. The van der Waals surface area contributed by atoms with E-state index in [-0.39, 0.29) is 23.0 Å². The van der Waals surface area contributed by atoms with Gasteiger partial charge in [0.05, 0.1) is 5.60 Å². The number of rotatable bonds is 3. The first kappa shape index (κ1) is 15.4. The van der Waals surface area contributed by atoms with Crippen LogP contribution in [0.5, 0.6) is 0 Å². The highest BCUT2D eigenvalue weighted by atomic mass is 19.3. The molecule has 0 aromatic carbocycles. The molecule has 2 fully saturated rings. The molecule has 1 aliphatic carbocycles. The Bertz CT molecular complexity index is 521. The molecular formula is C15H21F2N3O2. The quantitative estimate of drug-likeness (QED) is 0.901. The van der Waals surface area contributed by atoms with Crippen LogP contribution in [0.15, 0.2) is 6.07 Å². The number of aromatic nitrogens is 2. The third kappa shape index (κ3) is 3.29. The van der Waals surface area contributed by atoms with Gasteiger partial charge in [0.1, 0.15) is 11.4 Å². The number of halogens is 2.